The van der Waals surface area contributed by atoms with E-state index in [9.17, 15) is 14.3 Å². The van der Waals surface area contributed by atoms with Crippen molar-refractivity contribution >= 4 is 11.6 Å². The summed E-state index contributed by atoms with van der Waals surface area (Å²) in [5, 5.41) is 12.9. The zero-order valence-electron chi connectivity index (χ0n) is 13.4. The first kappa shape index (κ1) is 17.7. The van der Waals surface area contributed by atoms with Gasteiger partial charge in [-0.1, -0.05) is 24.1 Å². The lowest BCUT2D eigenvalue weighted by Crippen LogP contribution is -2.33. The summed E-state index contributed by atoms with van der Waals surface area (Å²) < 4.78 is 12.9. The first-order valence-electron chi connectivity index (χ1n) is 7.46. The number of aliphatic hydroxyl groups is 1. The second-order valence-corrected chi connectivity index (χ2v) is 5.54. The van der Waals surface area contributed by atoms with Crippen LogP contribution in [-0.2, 0) is 4.79 Å². The lowest BCUT2D eigenvalue weighted by molar-refractivity contribution is -0.117. The van der Waals surface area contributed by atoms with E-state index in [2.05, 4.69) is 11.2 Å². The number of nitrogens with zero attached hydrogens (tertiary/aromatic N) is 1. The minimum Gasteiger partial charge on any atom is -0.387 e. The molecule has 0 radical (unpaired) electrons. The van der Waals surface area contributed by atoms with Crippen molar-refractivity contribution in [2.45, 2.75) is 6.10 Å². The Kier molecular flexibility index (Phi) is 6.07. The molecule has 5 heteroatoms. The maximum absolute atomic E-state index is 12.9. The topological polar surface area (TPSA) is 52.6 Å². The number of hydrogen-bond donors (Lipinski definition) is 2. The third-order valence-corrected chi connectivity index (χ3v) is 3.47. The molecule has 0 bridgehead atoms. The van der Waals surface area contributed by atoms with E-state index in [1.165, 1.54) is 24.3 Å². The number of aliphatic hydroxyl groups excluding tert-OH is 1. The number of benzene rings is 2. The number of anilines is 1. The number of rotatable bonds is 6. The highest BCUT2D eigenvalue weighted by Crippen LogP contribution is 2.14. The molecule has 0 aliphatic heterocycles. The number of terminal acetylenes is 1. The van der Waals surface area contributed by atoms with E-state index in [0.29, 0.717) is 16.8 Å². The quantitative estimate of drug-likeness (QED) is 0.802. The number of hydrogen-bond acceptors (Lipinski definition) is 3. The van der Waals surface area contributed by atoms with Crippen LogP contribution < -0.4 is 5.32 Å². The fourth-order valence-electron chi connectivity index (χ4n) is 2.28. The van der Waals surface area contributed by atoms with Crippen LogP contribution >= 0.6 is 0 Å². The summed E-state index contributed by atoms with van der Waals surface area (Å²) in [6.07, 6.45) is 4.53. The van der Waals surface area contributed by atoms with E-state index < -0.39 is 6.10 Å². The van der Waals surface area contributed by atoms with Gasteiger partial charge in [-0.25, -0.2) is 4.39 Å². The minimum atomic E-state index is -0.798. The zero-order valence-corrected chi connectivity index (χ0v) is 13.4. The van der Waals surface area contributed by atoms with Gasteiger partial charge in [0.15, 0.2) is 0 Å². The molecule has 0 aromatic heterocycles. The summed E-state index contributed by atoms with van der Waals surface area (Å²) in [5.41, 5.74) is 1.92. The molecule has 0 heterocycles. The summed E-state index contributed by atoms with van der Waals surface area (Å²) >= 11 is 0. The summed E-state index contributed by atoms with van der Waals surface area (Å²) in [5.74, 6) is 1.94. The van der Waals surface area contributed by atoms with Crippen LogP contribution in [-0.4, -0.2) is 36.1 Å². The lowest BCUT2D eigenvalue weighted by atomic mass is 10.1. The van der Waals surface area contributed by atoms with Gasteiger partial charge in [-0.15, -0.1) is 6.42 Å². The van der Waals surface area contributed by atoms with Crippen molar-refractivity contribution in [2.75, 3.05) is 25.5 Å². The van der Waals surface area contributed by atoms with Crippen LogP contribution in [0.5, 0.6) is 0 Å². The van der Waals surface area contributed by atoms with E-state index in [1.54, 1.807) is 36.2 Å². The van der Waals surface area contributed by atoms with Crippen LogP contribution in [0.4, 0.5) is 10.1 Å². The van der Waals surface area contributed by atoms with Gasteiger partial charge in [0.1, 0.15) is 5.82 Å². The third kappa shape index (κ3) is 5.20. The van der Waals surface area contributed by atoms with Crippen molar-refractivity contribution < 1.29 is 14.3 Å². The van der Waals surface area contributed by atoms with Gasteiger partial charge >= 0.3 is 0 Å². The largest absolute Gasteiger partial charge is 0.387 e. The molecule has 1 unspecified atom stereocenters. The Morgan fingerprint density at radius 1 is 1.33 bits per heavy atom. The molecular weight excluding hydrogens is 307 g/mol. The van der Waals surface area contributed by atoms with Gasteiger partial charge in [0.05, 0.1) is 12.6 Å². The van der Waals surface area contributed by atoms with Gasteiger partial charge in [0.25, 0.3) is 0 Å². The predicted molar refractivity (Wildman–Crippen MR) is 91.9 cm³/mol. The second kappa shape index (κ2) is 8.25. The lowest BCUT2D eigenvalue weighted by Gasteiger charge is -2.20. The SMILES string of the molecule is C#Cc1cccc(NC(=O)CN(C)CC(O)c2ccc(F)cc2)c1. The van der Waals surface area contributed by atoms with Gasteiger partial charge < -0.3 is 10.4 Å². The van der Waals surface area contributed by atoms with Gasteiger partial charge in [-0.2, -0.15) is 0 Å². The number of likely N-dealkylation sites (N-methyl/N-ethyl adjacent to an activating group) is 1. The maximum Gasteiger partial charge on any atom is 0.238 e. The van der Waals surface area contributed by atoms with Crippen molar-refractivity contribution in [2.24, 2.45) is 0 Å². The summed E-state index contributed by atoms with van der Waals surface area (Å²) in [6, 6.07) is 12.7. The molecule has 0 aliphatic rings. The van der Waals surface area contributed by atoms with Crippen LogP contribution in [0.15, 0.2) is 48.5 Å². The molecule has 0 saturated carbocycles. The standard InChI is InChI=1S/C19H19FN2O2/c1-3-14-5-4-6-17(11-14)21-19(24)13-22(2)12-18(23)15-7-9-16(20)10-8-15/h1,4-11,18,23H,12-13H2,2H3,(H,21,24). The number of nitrogens with one attached hydrogen (secondary N) is 1. The third-order valence-electron chi connectivity index (χ3n) is 3.47. The predicted octanol–water partition coefficient (Wildman–Crippen LogP) is 2.41. The van der Waals surface area contributed by atoms with Crippen molar-refractivity contribution in [1.82, 2.24) is 4.90 Å². The highest BCUT2D eigenvalue weighted by molar-refractivity contribution is 5.92. The van der Waals surface area contributed by atoms with Crippen LogP contribution in [0.2, 0.25) is 0 Å². The van der Waals surface area contributed by atoms with Crippen LogP contribution in [0.3, 0.4) is 0 Å². The average molecular weight is 326 g/mol. The Hall–Kier alpha value is -2.68. The van der Waals surface area contributed by atoms with Crippen molar-refractivity contribution in [1.29, 1.82) is 0 Å². The van der Waals surface area contributed by atoms with E-state index in [-0.39, 0.29) is 24.8 Å². The van der Waals surface area contributed by atoms with E-state index in [4.69, 9.17) is 6.42 Å². The first-order valence-corrected chi connectivity index (χ1v) is 7.46. The molecule has 0 aliphatic carbocycles. The normalized spacial score (nSPS) is 11.8. The van der Waals surface area contributed by atoms with Gasteiger partial charge in [0, 0.05) is 17.8 Å². The van der Waals surface area contributed by atoms with E-state index in [0.717, 1.165) is 0 Å². The molecule has 0 saturated heterocycles. The summed E-state index contributed by atoms with van der Waals surface area (Å²) in [7, 11) is 1.73. The Bertz CT molecular complexity index is 738. The van der Waals surface area contributed by atoms with E-state index >= 15 is 0 Å². The van der Waals surface area contributed by atoms with Crippen LogP contribution in [0.1, 0.15) is 17.2 Å². The molecule has 2 aromatic carbocycles. The average Bonchev–Trinajstić information content (AvgIpc) is 2.55. The van der Waals surface area contributed by atoms with Crippen molar-refractivity contribution in [3.8, 4) is 12.3 Å². The van der Waals surface area contributed by atoms with Gasteiger partial charge in [-0.3, -0.25) is 9.69 Å². The molecular formula is C19H19FN2O2. The van der Waals surface area contributed by atoms with Crippen molar-refractivity contribution in [3.05, 3.63) is 65.5 Å². The number of carbonyl (C=O) groups is 1. The Labute approximate surface area is 140 Å². The highest BCUT2D eigenvalue weighted by atomic mass is 19.1. The molecule has 24 heavy (non-hydrogen) atoms. The molecule has 1 atom stereocenters. The molecule has 2 aromatic rings. The fraction of sp³-hybridized carbons (Fsp3) is 0.211. The van der Waals surface area contributed by atoms with E-state index in [1.807, 2.05) is 0 Å². The second-order valence-electron chi connectivity index (χ2n) is 5.54. The first-order chi connectivity index (χ1) is 11.5. The van der Waals surface area contributed by atoms with Crippen LogP contribution in [0, 0.1) is 18.2 Å². The molecule has 1 amide bonds. The zero-order chi connectivity index (χ0) is 17.5. The van der Waals surface area contributed by atoms with Gasteiger partial charge in [0.2, 0.25) is 5.91 Å². The molecule has 124 valence electrons. The molecule has 2 N–H and O–H groups in total. The Balaban J connectivity index is 1.87. The number of carbonyl (C=O) groups excluding carboxylic acids is 1. The maximum atomic E-state index is 12.9. The molecule has 2 rings (SSSR count). The minimum absolute atomic E-state index is 0.110. The summed E-state index contributed by atoms with van der Waals surface area (Å²) in [4.78, 5) is 13.7. The smallest absolute Gasteiger partial charge is 0.238 e. The Morgan fingerprint density at radius 3 is 2.71 bits per heavy atom. The molecule has 0 fully saturated rings. The highest BCUT2D eigenvalue weighted by Gasteiger charge is 2.13. The van der Waals surface area contributed by atoms with Crippen molar-refractivity contribution in [3.63, 3.8) is 0 Å². The Morgan fingerprint density at radius 2 is 2.04 bits per heavy atom. The number of amides is 1. The molecule has 0 spiro atoms. The molecule has 4 nitrogen and oxygen atoms in total. The van der Waals surface area contributed by atoms with Crippen LogP contribution in [0.25, 0.3) is 0 Å². The van der Waals surface area contributed by atoms with Gasteiger partial charge in [-0.05, 0) is 42.9 Å². The fourth-order valence-corrected chi connectivity index (χ4v) is 2.28. The number of halogens is 1. The monoisotopic (exact) mass is 326 g/mol. The summed E-state index contributed by atoms with van der Waals surface area (Å²) in [6.45, 7) is 0.363.